The van der Waals surface area contributed by atoms with Gasteiger partial charge in [0.05, 0.1) is 0 Å². The first kappa shape index (κ1) is 16.8. The van der Waals surface area contributed by atoms with Gasteiger partial charge in [-0.15, -0.1) is 0 Å². The number of ether oxygens (including phenoxy) is 1. The van der Waals surface area contributed by atoms with E-state index in [1.807, 2.05) is 36.1 Å². The lowest BCUT2D eigenvalue weighted by Gasteiger charge is -2.47. The Morgan fingerprint density at radius 3 is 2.58 bits per heavy atom. The predicted octanol–water partition coefficient (Wildman–Crippen LogP) is 0.782. The molecule has 130 valence electrons. The summed E-state index contributed by atoms with van der Waals surface area (Å²) < 4.78 is 5.57. The summed E-state index contributed by atoms with van der Waals surface area (Å²) in [7, 11) is 0. The zero-order valence-electron chi connectivity index (χ0n) is 14.1. The van der Waals surface area contributed by atoms with Gasteiger partial charge in [-0.3, -0.25) is 14.5 Å². The average molecular weight is 331 g/mol. The van der Waals surface area contributed by atoms with Crippen LogP contribution in [0.4, 0.5) is 0 Å². The number of carbonyl (C=O) groups is 2. The van der Waals surface area contributed by atoms with Crippen molar-refractivity contribution in [3.63, 3.8) is 0 Å². The van der Waals surface area contributed by atoms with Gasteiger partial charge in [0.1, 0.15) is 5.75 Å². The van der Waals surface area contributed by atoms with Gasteiger partial charge in [0.2, 0.25) is 5.91 Å². The van der Waals surface area contributed by atoms with Gasteiger partial charge in [-0.2, -0.15) is 0 Å². The van der Waals surface area contributed by atoms with Crippen molar-refractivity contribution in [3.05, 3.63) is 29.8 Å². The fourth-order valence-corrected chi connectivity index (χ4v) is 3.38. The van der Waals surface area contributed by atoms with Gasteiger partial charge in [0.25, 0.3) is 5.91 Å². The second kappa shape index (κ2) is 7.21. The summed E-state index contributed by atoms with van der Waals surface area (Å²) in [5, 5.41) is 0. The number of amides is 2. The number of nitrogens with zero attached hydrogens (tertiary/aromatic N) is 2. The number of aryl methyl sites for hydroxylation is 1. The molecule has 0 unspecified atom stereocenters. The molecule has 2 saturated heterocycles. The van der Waals surface area contributed by atoms with E-state index >= 15 is 0 Å². The molecule has 6 nitrogen and oxygen atoms in total. The molecule has 6 heteroatoms. The normalized spacial score (nSPS) is 19.8. The Balaban J connectivity index is 1.39. The molecule has 2 N–H and O–H groups in total. The van der Waals surface area contributed by atoms with Crippen LogP contribution in [0.25, 0.3) is 0 Å². The van der Waals surface area contributed by atoms with Gasteiger partial charge in [-0.1, -0.05) is 12.1 Å². The van der Waals surface area contributed by atoms with E-state index in [1.165, 1.54) is 0 Å². The van der Waals surface area contributed by atoms with E-state index in [9.17, 15) is 9.59 Å². The second-order valence-corrected chi connectivity index (χ2v) is 6.77. The zero-order chi connectivity index (χ0) is 17.1. The van der Waals surface area contributed by atoms with Crippen LogP contribution in [0.15, 0.2) is 24.3 Å². The third-order valence-corrected chi connectivity index (χ3v) is 5.02. The van der Waals surface area contributed by atoms with Crippen molar-refractivity contribution in [3.8, 4) is 5.75 Å². The summed E-state index contributed by atoms with van der Waals surface area (Å²) in [6, 6.07) is 8.11. The molecule has 0 bridgehead atoms. The van der Waals surface area contributed by atoms with Crippen molar-refractivity contribution in [2.45, 2.75) is 25.8 Å². The van der Waals surface area contributed by atoms with Gasteiger partial charge in [0.15, 0.2) is 6.61 Å². The van der Waals surface area contributed by atoms with Gasteiger partial charge in [-0.05, 0) is 50.6 Å². The highest BCUT2D eigenvalue weighted by atomic mass is 16.5. The summed E-state index contributed by atoms with van der Waals surface area (Å²) in [6.07, 6.45) is 1.66. The van der Waals surface area contributed by atoms with Gasteiger partial charge >= 0.3 is 0 Å². The fraction of sp³-hybridized carbons (Fsp3) is 0.556. The van der Waals surface area contributed by atoms with E-state index in [0.29, 0.717) is 6.04 Å². The standard InChI is InChI=1S/C18H25N3O3/c1-13-3-2-4-16(9-13)24-12-17(22)21-10-15(11-21)20-7-5-14(6-8-20)18(19)23/h2-4,9,14-15H,5-8,10-12H2,1H3,(H2,19,23). The maximum Gasteiger partial charge on any atom is 0.260 e. The number of primary amides is 1. The third kappa shape index (κ3) is 3.87. The van der Waals surface area contributed by atoms with Gasteiger partial charge in [-0.25, -0.2) is 0 Å². The van der Waals surface area contributed by atoms with Crippen LogP contribution < -0.4 is 10.5 Å². The van der Waals surface area contributed by atoms with E-state index in [-0.39, 0.29) is 24.3 Å². The summed E-state index contributed by atoms with van der Waals surface area (Å²) in [4.78, 5) is 27.6. The molecule has 2 aliphatic rings. The molecule has 2 fully saturated rings. The minimum absolute atomic E-state index is 0.0155. The quantitative estimate of drug-likeness (QED) is 0.865. The van der Waals surface area contributed by atoms with Crippen molar-refractivity contribution in [1.29, 1.82) is 0 Å². The van der Waals surface area contributed by atoms with Crippen molar-refractivity contribution < 1.29 is 14.3 Å². The number of likely N-dealkylation sites (tertiary alicyclic amines) is 2. The van der Waals surface area contributed by atoms with E-state index in [4.69, 9.17) is 10.5 Å². The highest BCUT2D eigenvalue weighted by molar-refractivity contribution is 5.79. The lowest BCUT2D eigenvalue weighted by molar-refractivity contribution is -0.141. The maximum absolute atomic E-state index is 12.2. The fourth-order valence-electron chi connectivity index (χ4n) is 3.38. The molecule has 1 aromatic rings. The van der Waals surface area contributed by atoms with E-state index < -0.39 is 0 Å². The monoisotopic (exact) mass is 331 g/mol. The topological polar surface area (TPSA) is 75.9 Å². The number of carbonyl (C=O) groups excluding carboxylic acids is 2. The molecule has 0 spiro atoms. The molecular weight excluding hydrogens is 306 g/mol. The van der Waals surface area contributed by atoms with Crippen molar-refractivity contribution in [2.24, 2.45) is 11.7 Å². The SMILES string of the molecule is Cc1cccc(OCC(=O)N2CC(N3CCC(C(N)=O)CC3)C2)c1. The Bertz CT molecular complexity index is 605. The van der Waals surface area contributed by atoms with Crippen molar-refractivity contribution >= 4 is 11.8 Å². The first-order valence-corrected chi connectivity index (χ1v) is 8.53. The molecule has 3 rings (SSSR count). The summed E-state index contributed by atoms with van der Waals surface area (Å²) in [6.45, 7) is 5.35. The van der Waals surface area contributed by atoms with Gasteiger partial charge < -0.3 is 15.4 Å². The van der Waals surface area contributed by atoms with Crippen LogP contribution in [-0.2, 0) is 9.59 Å². The van der Waals surface area contributed by atoms with Crippen LogP contribution in [0.2, 0.25) is 0 Å². The van der Waals surface area contributed by atoms with Crippen LogP contribution in [0.1, 0.15) is 18.4 Å². The molecule has 0 radical (unpaired) electrons. The zero-order valence-corrected chi connectivity index (χ0v) is 14.1. The Morgan fingerprint density at radius 1 is 1.25 bits per heavy atom. The molecule has 0 atom stereocenters. The van der Waals surface area contributed by atoms with Crippen LogP contribution in [0, 0.1) is 12.8 Å². The van der Waals surface area contributed by atoms with E-state index in [0.717, 1.165) is 50.3 Å². The van der Waals surface area contributed by atoms with Crippen LogP contribution in [-0.4, -0.2) is 60.4 Å². The summed E-state index contributed by atoms with van der Waals surface area (Å²) in [5.74, 6) is 0.587. The summed E-state index contributed by atoms with van der Waals surface area (Å²) >= 11 is 0. The highest BCUT2D eigenvalue weighted by Crippen LogP contribution is 2.23. The van der Waals surface area contributed by atoms with Crippen LogP contribution >= 0.6 is 0 Å². The molecule has 2 heterocycles. The second-order valence-electron chi connectivity index (χ2n) is 6.77. The molecule has 24 heavy (non-hydrogen) atoms. The Labute approximate surface area is 142 Å². The molecule has 0 aromatic heterocycles. The van der Waals surface area contributed by atoms with Crippen LogP contribution in [0.5, 0.6) is 5.75 Å². The number of rotatable bonds is 5. The number of nitrogens with two attached hydrogens (primary N) is 1. The predicted molar refractivity (Wildman–Crippen MR) is 90.5 cm³/mol. The molecule has 2 aliphatic heterocycles. The number of hydrogen-bond acceptors (Lipinski definition) is 4. The summed E-state index contributed by atoms with van der Waals surface area (Å²) in [5.41, 5.74) is 6.48. The molecule has 0 saturated carbocycles. The average Bonchev–Trinajstić information content (AvgIpc) is 2.52. The third-order valence-electron chi connectivity index (χ3n) is 5.02. The van der Waals surface area contributed by atoms with Crippen LogP contribution in [0.3, 0.4) is 0 Å². The molecule has 1 aromatic carbocycles. The largest absolute Gasteiger partial charge is 0.484 e. The lowest BCUT2D eigenvalue weighted by atomic mass is 9.94. The minimum atomic E-state index is -0.187. The maximum atomic E-state index is 12.2. The van der Waals surface area contributed by atoms with Gasteiger partial charge in [0, 0.05) is 25.0 Å². The highest BCUT2D eigenvalue weighted by Gasteiger charge is 2.36. The molecule has 2 amide bonds. The number of piperidine rings is 1. The molecule has 0 aliphatic carbocycles. The Kier molecular flexibility index (Phi) is 5.04. The molecular formula is C18H25N3O3. The van der Waals surface area contributed by atoms with E-state index in [2.05, 4.69) is 4.90 Å². The number of benzene rings is 1. The minimum Gasteiger partial charge on any atom is -0.484 e. The lowest BCUT2D eigenvalue weighted by Crippen LogP contribution is -2.63. The number of hydrogen-bond donors (Lipinski definition) is 1. The first-order chi connectivity index (χ1) is 11.5. The first-order valence-electron chi connectivity index (χ1n) is 8.53. The van der Waals surface area contributed by atoms with Crippen molar-refractivity contribution in [1.82, 2.24) is 9.80 Å². The van der Waals surface area contributed by atoms with E-state index in [1.54, 1.807) is 0 Å². The Hall–Kier alpha value is -2.08. The smallest absolute Gasteiger partial charge is 0.260 e. The van der Waals surface area contributed by atoms with Crippen molar-refractivity contribution in [2.75, 3.05) is 32.8 Å². The Morgan fingerprint density at radius 2 is 1.96 bits per heavy atom.